The van der Waals surface area contributed by atoms with Gasteiger partial charge in [0.25, 0.3) is 0 Å². The number of hydrogen-bond acceptors (Lipinski definition) is 2. The first-order chi connectivity index (χ1) is 9.81. The van der Waals surface area contributed by atoms with E-state index < -0.39 is 0 Å². The number of carbonyl (C=O) groups is 1. The van der Waals surface area contributed by atoms with Gasteiger partial charge in [-0.1, -0.05) is 66.7 Å². The maximum atomic E-state index is 12.1. The second kappa shape index (κ2) is 7.29. The Morgan fingerprint density at radius 1 is 1.00 bits per heavy atom. The van der Waals surface area contributed by atoms with E-state index in [1.54, 1.807) is 0 Å². The number of carbonyl (C=O) groups excluding carboxylic acids is 1. The summed E-state index contributed by atoms with van der Waals surface area (Å²) in [6, 6.07) is 19.7. The van der Waals surface area contributed by atoms with Crippen LogP contribution < -0.4 is 0 Å². The molecule has 2 aromatic rings. The molecule has 0 heterocycles. The molecule has 0 atom stereocenters. The first-order valence-electron chi connectivity index (χ1n) is 6.78. The minimum atomic E-state index is -0.269. The summed E-state index contributed by atoms with van der Waals surface area (Å²) >= 11 is 0. The van der Waals surface area contributed by atoms with Crippen molar-refractivity contribution in [2.45, 2.75) is 13.3 Å². The van der Waals surface area contributed by atoms with Crippen molar-refractivity contribution in [1.29, 1.82) is 0 Å². The summed E-state index contributed by atoms with van der Waals surface area (Å²) < 4.78 is 5.14. The molecule has 0 spiro atoms. The predicted octanol–water partition coefficient (Wildman–Crippen LogP) is 3.88. The smallest absolute Gasteiger partial charge is 0.338 e. The second-order valence-electron chi connectivity index (χ2n) is 4.39. The van der Waals surface area contributed by atoms with Crippen LogP contribution in [0.2, 0.25) is 0 Å². The third-order valence-corrected chi connectivity index (χ3v) is 2.96. The Kier molecular flexibility index (Phi) is 5.13. The quantitative estimate of drug-likeness (QED) is 0.606. The van der Waals surface area contributed by atoms with Crippen molar-refractivity contribution in [2.75, 3.05) is 6.61 Å². The monoisotopic (exact) mass is 266 g/mol. The van der Waals surface area contributed by atoms with Crippen molar-refractivity contribution in [3.05, 3.63) is 77.9 Å². The van der Waals surface area contributed by atoms with Gasteiger partial charge in [-0.25, -0.2) is 4.79 Å². The molecule has 0 aliphatic carbocycles. The molecule has 0 amide bonds. The number of hydrogen-bond donors (Lipinski definition) is 0. The fourth-order valence-corrected chi connectivity index (χ4v) is 1.98. The molecule has 2 aromatic carbocycles. The minimum Gasteiger partial charge on any atom is -0.462 e. The Morgan fingerprint density at radius 3 is 2.20 bits per heavy atom. The third-order valence-electron chi connectivity index (χ3n) is 2.96. The summed E-state index contributed by atoms with van der Waals surface area (Å²) in [4.78, 5) is 12.1. The van der Waals surface area contributed by atoms with E-state index in [4.69, 9.17) is 4.74 Å². The van der Waals surface area contributed by atoms with Gasteiger partial charge in [-0.15, -0.1) is 0 Å². The van der Waals surface area contributed by atoms with E-state index in [1.165, 1.54) is 5.56 Å². The van der Waals surface area contributed by atoms with Gasteiger partial charge in [0.05, 0.1) is 12.2 Å². The Bertz CT molecular complexity index is 571. The SMILES string of the molecule is CCOC(=O)/C(=C\Cc1ccccc1)c1ccccc1. The zero-order valence-corrected chi connectivity index (χ0v) is 11.6. The summed E-state index contributed by atoms with van der Waals surface area (Å²) in [5.74, 6) is -0.269. The van der Waals surface area contributed by atoms with Gasteiger partial charge >= 0.3 is 5.97 Å². The maximum absolute atomic E-state index is 12.1. The Morgan fingerprint density at radius 2 is 1.60 bits per heavy atom. The summed E-state index contributed by atoms with van der Waals surface area (Å²) in [5, 5.41) is 0. The van der Waals surface area contributed by atoms with Gasteiger partial charge in [0.2, 0.25) is 0 Å². The van der Waals surface area contributed by atoms with Crippen LogP contribution in [0.3, 0.4) is 0 Å². The zero-order chi connectivity index (χ0) is 14.2. The first-order valence-corrected chi connectivity index (χ1v) is 6.78. The van der Waals surface area contributed by atoms with Gasteiger partial charge in [-0.05, 0) is 24.5 Å². The molecule has 0 saturated heterocycles. The molecule has 2 rings (SSSR count). The lowest BCUT2D eigenvalue weighted by Gasteiger charge is -2.07. The standard InChI is InChI=1S/C18H18O2/c1-2-20-18(19)17(16-11-7-4-8-12-16)14-13-15-9-5-3-6-10-15/h3-12,14H,2,13H2,1H3/b17-14-. The van der Waals surface area contributed by atoms with Crippen LogP contribution in [-0.4, -0.2) is 12.6 Å². The zero-order valence-electron chi connectivity index (χ0n) is 11.6. The maximum Gasteiger partial charge on any atom is 0.338 e. The highest BCUT2D eigenvalue weighted by Crippen LogP contribution is 2.17. The Balaban J connectivity index is 2.25. The number of allylic oxidation sites excluding steroid dienone is 1. The van der Waals surface area contributed by atoms with Gasteiger partial charge in [0.1, 0.15) is 0 Å². The fourth-order valence-electron chi connectivity index (χ4n) is 1.98. The van der Waals surface area contributed by atoms with Crippen LogP contribution in [0.5, 0.6) is 0 Å². The topological polar surface area (TPSA) is 26.3 Å². The van der Waals surface area contributed by atoms with Crippen molar-refractivity contribution < 1.29 is 9.53 Å². The average molecular weight is 266 g/mol. The van der Waals surface area contributed by atoms with Crippen LogP contribution in [0.25, 0.3) is 5.57 Å². The largest absolute Gasteiger partial charge is 0.462 e. The van der Waals surface area contributed by atoms with Crippen molar-refractivity contribution in [3.63, 3.8) is 0 Å². The van der Waals surface area contributed by atoms with E-state index in [0.717, 1.165) is 5.56 Å². The molecule has 0 aromatic heterocycles. The number of esters is 1. The minimum absolute atomic E-state index is 0.269. The molecule has 20 heavy (non-hydrogen) atoms. The van der Waals surface area contributed by atoms with Crippen LogP contribution in [0.4, 0.5) is 0 Å². The molecule has 0 aliphatic rings. The lowest BCUT2D eigenvalue weighted by molar-refractivity contribution is -0.136. The molecular weight excluding hydrogens is 248 g/mol. The number of benzene rings is 2. The van der Waals surface area contributed by atoms with E-state index in [0.29, 0.717) is 18.6 Å². The van der Waals surface area contributed by atoms with E-state index in [-0.39, 0.29) is 5.97 Å². The van der Waals surface area contributed by atoms with Crippen LogP contribution >= 0.6 is 0 Å². The van der Waals surface area contributed by atoms with E-state index in [1.807, 2.05) is 73.7 Å². The summed E-state index contributed by atoms with van der Waals surface area (Å²) in [6.45, 7) is 2.20. The van der Waals surface area contributed by atoms with Crippen molar-refractivity contribution in [3.8, 4) is 0 Å². The molecule has 0 aliphatic heterocycles. The lowest BCUT2D eigenvalue weighted by atomic mass is 10.0. The first kappa shape index (κ1) is 14.1. The van der Waals surface area contributed by atoms with Crippen molar-refractivity contribution >= 4 is 11.5 Å². The molecule has 0 fully saturated rings. The molecule has 0 saturated carbocycles. The van der Waals surface area contributed by atoms with Crippen LogP contribution in [0.15, 0.2) is 66.7 Å². The van der Waals surface area contributed by atoms with E-state index in [2.05, 4.69) is 0 Å². The second-order valence-corrected chi connectivity index (χ2v) is 4.39. The molecule has 0 N–H and O–H groups in total. The molecular formula is C18H18O2. The van der Waals surface area contributed by atoms with Gasteiger partial charge in [0, 0.05) is 0 Å². The van der Waals surface area contributed by atoms with Crippen LogP contribution in [-0.2, 0) is 16.0 Å². The number of rotatable bonds is 5. The highest BCUT2D eigenvalue weighted by atomic mass is 16.5. The molecule has 0 unspecified atom stereocenters. The van der Waals surface area contributed by atoms with Crippen LogP contribution in [0, 0.1) is 0 Å². The van der Waals surface area contributed by atoms with Crippen molar-refractivity contribution in [1.82, 2.24) is 0 Å². The summed E-state index contributed by atoms with van der Waals surface area (Å²) in [5.41, 5.74) is 2.68. The summed E-state index contributed by atoms with van der Waals surface area (Å²) in [7, 11) is 0. The van der Waals surface area contributed by atoms with Gasteiger partial charge < -0.3 is 4.74 Å². The Labute approximate surface area is 119 Å². The third kappa shape index (κ3) is 3.82. The van der Waals surface area contributed by atoms with E-state index in [9.17, 15) is 4.79 Å². The molecule has 2 heteroatoms. The molecule has 2 nitrogen and oxygen atoms in total. The Hall–Kier alpha value is -2.35. The molecule has 0 radical (unpaired) electrons. The highest BCUT2D eigenvalue weighted by molar-refractivity contribution is 6.16. The van der Waals surface area contributed by atoms with Gasteiger partial charge in [-0.3, -0.25) is 0 Å². The number of ether oxygens (including phenoxy) is 1. The molecule has 102 valence electrons. The highest BCUT2D eigenvalue weighted by Gasteiger charge is 2.12. The fraction of sp³-hybridized carbons (Fsp3) is 0.167. The molecule has 0 bridgehead atoms. The van der Waals surface area contributed by atoms with E-state index >= 15 is 0 Å². The summed E-state index contributed by atoms with van der Waals surface area (Å²) in [6.07, 6.45) is 2.65. The van der Waals surface area contributed by atoms with Crippen LogP contribution in [0.1, 0.15) is 18.1 Å². The van der Waals surface area contributed by atoms with Crippen molar-refractivity contribution in [2.24, 2.45) is 0 Å². The van der Waals surface area contributed by atoms with Gasteiger partial charge in [-0.2, -0.15) is 0 Å². The lowest BCUT2D eigenvalue weighted by Crippen LogP contribution is -2.07. The predicted molar refractivity (Wildman–Crippen MR) is 81.2 cm³/mol. The normalized spacial score (nSPS) is 11.2. The average Bonchev–Trinajstić information content (AvgIpc) is 2.50. The van der Waals surface area contributed by atoms with Gasteiger partial charge in [0.15, 0.2) is 0 Å².